The van der Waals surface area contributed by atoms with Crippen LogP contribution >= 0.6 is 23.5 Å². The van der Waals surface area contributed by atoms with Gasteiger partial charge < -0.3 is 106 Å². The second kappa shape index (κ2) is 63.3. The van der Waals surface area contributed by atoms with Crippen LogP contribution in [-0.2, 0) is 107 Å². The summed E-state index contributed by atoms with van der Waals surface area (Å²) in [5.41, 5.74) is 8.58. The van der Waals surface area contributed by atoms with Gasteiger partial charge in [0.05, 0.1) is 48.5 Å². The summed E-state index contributed by atoms with van der Waals surface area (Å²) in [6.45, 7) is 21.6. The Hall–Kier alpha value is -11.5. The molecule has 13 amide bonds. The van der Waals surface area contributed by atoms with E-state index in [1.165, 1.54) is 51.2 Å². The lowest BCUT2D eigenvalue weighted by Crippen LogP contribution is -2.61. The van der Waals surface area contributed by atoms with Crippen molar-refractivity contribution >= 4 is 153 Å². The largest absolute Gasteiger partial charge is 0.481 e. The summed E-state index contributed by atoms with van der Waals surface area (Å²) >= 11 is 2.78. The normalized spacial score (nSPS) is 18.3. The van der Waals surface area contributed by atoms with Crippen molar-refractivity contribution in [3.05, 3.63) is 48.0 Å². The van der Waals surface area contributed by atoms with Gasteiger partial charge in [-0.1, -0.05) is 125 Å². The molecule has 0 bridgehead atoms. The number of allylic oxidation sites excluding steroid dienone is 2. The molecule has 43 nitrogen and oxygen atoms in total. The number of carboxylic acids is 4. The first-order valence-electron chi connectivity index (χ1n) is 47.4. The van der Waals surface area contributed by atoms with Gasteiger partial charge in [-0.25, -0.2) is 0 Å². The fraction of sp³-hybridized carbons (Fsp3) is 0.681. The lowest BCUT2D eigenvalue weighted by Gasteiger charge is -2.35. The molecule has 0 spiro atoms. The predicted molar refractivity (Wildman–Crippen MR) is 521 cm³/mol. The van der Waals surface area contributed by atoms with Gasteiger partial charge in [0.25, 0.3) is 0 Å². The molecule has 2 rings (SSSR count). The van der Waals surface area contributed by atoms with Gasteiger partial charge in [0.2, 0.25) is 88.4 Å². The number of nitrogens with two attached hydrogens (primary N) is 2. The maximum atomic E-state index is 15.0. The molecule has 0 fully saturated rings. The lowest BCUT2D eigenvalue weighted by molar-refractivity contribution is -0.142. The van der Waals surface area contributed by atoms with Crippen LogP contribution in [0.25, 0.3) is 0 Å². The number of rotatable bonds is 64. The molecule has 1 aromatic carbocycles. The van der Waals surface area contributed by atoms with E-state index in [-0.39, 0.29) is 95.1 Å². The number of nitrogens with one attached hydrogen (secondary N) is 16. The van der Waals surface area contributed by atoms with E-state index in [1.54, 1.807) is 112 Å². The van der Waals surface area contributed by atoms with Gasteiger partial charge in [-0.15, -0.1) is 0 Å². The second-order valence-corrected chi connectivity index (χ2v) is 39.1. The van der Waals surface area contributed by atoms with Gasteiger partial charge >= 0.3 is 23.9 Å². The molecule has 780 valence electrons. The molecule has 0 saturated carbocycles. The maximum Gasteiger partial charge on any atom is 0.305 e. The van der Waals surface area contributed by atoms with Crippen molar-refractivity contribution in [3.8, 4) is 0 Å². The molecule has 0 radical (unpaired) electrons. The van der Waals surface area contributed by atoms with Crippen LogP contribution in [0, 0.1) is 46.8 Å². The molecule has 45 heteroatoms. The highest BCUT2D eigenvalue weighted by molar-refractivity contribution is 7.98. The van der Waals surface area contributed by atoms with Crippen molar-refractivity contribution in [2.45, 2.75) is 322 Å². The molecule has 5 unspecified atom stereocenters. The molecular formula is C94H152N18O25S2. The number of aliphatic carboxylic acids is 4. The van der Waals surface area contributed by atoms with Gasteiger partial charge in [-0.05, 0) is 170 Å². The highest BCUT2D eigenvalue weighted by Gasteiger charge is 2.45. The zero-order valence-corrected chi connectivity index (χ0v) is 84.6. The number of carbonyl (C=O) groups excluding carboxylic acids is 17. The number of benzene rings is 1. The molecule has 0 aromatic heterocycles. The van der Waals surface area contributed by atoms with E-state index in [0.717, 1.165) is 0 Å². The SMILES string of the molecule is CC[C@H](C)[C@H](NC(=O)[C@H](CCCNC(=N)N)NC(=O)C(CC(=O)O)NC(=O)[C@H](CC(C)C)NC(=O)C(C)NC(=O)[C@H](CCSC)CC(=O)[C@]1(C)CCC/C=C\CCC[C@](C)(NC(=O)[C@H](CCSC)CN[C@@H](CC(C)C)C(=O)C(=O)[C@@H](NC(=O)C(CCC(=O)O)NC(=O)[C@H](CCC(=O)O)NC(=O)C(CC(=O)O)NC(=O)[C@@H](NC(=O)C(Cc2ccccc2)NC(C)=O)[C@@H](C)CC)C(C)C)C(=O)CN1)C(N)=O. The molecule has 139 heavy (non-hydrogen) atoms. The molecule has 1 heterocycles. The summed E-state index contributed by atoms with van der Waals surface area (Å²) in [5, 5.41) is 86.2. The van der Waals surface area contributed by atoms with E-state index in [9.17, 15) is 112 Å². The topological polar surface area (TPSA) is 696 Å². The Morgan fingerprint density at radius 1 is 0.475 bits per heavy atom. The van der Waals surface area contributed by atoms with E-state index in [2.05, 4.69) is 79.8 Å². The van der Waals surface area contributed by atoms with Crippen molar-refractivity contribution in [1.82, 2.24) is 79.8 Å². The molecule has 0 aliphatic carbocycles. The number of Topliss-reactive ketones (excluding diaryl/α,β-unsaturated/α-hetero) is 4. The standard InChI is InChI=1S/C94H152N18O25S2/c1-17-54(9)76(80(95)126)110-85(131)61(31-28-40-98-92(96)97)103-88(134)67(47-73(120)121)107-87(133)65(44-52(5)6)106-81(127)56(11)101-82(128)59(36-41-138-15)46-69(114)93(13)38-26-21-19-20-22-27-39-94(14,70(115)50-100-93)112-83(129)60(37-42-139-16)49-99-64(43-51(3)4)78(124)79(125)75(53(7)8)109-86(132)63(33-35-72(118)119)104-84(130)62(32-34-71(116)117)105-89(135)68(48-74(122)123)108-91(137)77(55(10)18-2)111-90(136)66(102-57(12)113)45-58-29-24-23-25-30-58/h19-20,23-25,29-30,51-56,59-68,75-77,99-100H,17-18,21-22,26-28,31-50H2,1-16H3,(H2,95,126)(H,101,128)(H,102,113)(H,103,134)(H,104,130)(H,105,135)(H,106,127)(H,107,133)(H,108,137)(H,109,132)(H,110,131)(H,111,136)(H,112,129)(H,116,117)(H,118,119)(H,120,121)(H,122,123)(H4,96,97,98)/b20-19-/t54-,55-,56?,59+,60+,61-,62-,63?,64-,65-,66?,67?,68?,75-,76-,77-,93-,94-/m0/s1. The number of hydrogen-bond acceptors (Lipinski definition) is 26. The number of carbonyl (C=O) groups is 21. The minimum atomic E-state index is -2.03. The van der Waals surface area contributed by atoms with Gasteiger partial charge in [-0.2, -0.15) is 23.5 Å². The monoisotopic (exact) mass is 2000 g/mol. The lowest BCUT2D eigenvalue weighted by atomic mass is 9.83. The summed E-state index contributed by atoms with van der Waals surface area (Å²) in [6, 6.07) is -10.2. The summed E-state index contributed by atoms with van der Waals surface area (Å²) < 4.78 is 0. The smallest absolute Gasteiger partial charge is 0.305 e. The van der Waals surface area contributed by atoms with Gasteiger partial charge in [0.15, 0.2) is 17.5 Å². The highest BCUT2D eigenvalue weighted by Crippen LogP contribution is 2.27. The Bertz CT molecular complexity index is 4390. The average Bonchev–Trinajstić information content (AvgIpc) is 1.59. The first-order valence-corrected chi connectivity index (χ1v) is 50.1. The van der Waals surface area contributed by atoms with Crippen LogP contribution in [0.3, 0.4) is 0 Å². The summed E-state index contributed by atoms with van der Waals surface area (Å²) in [4.78, 5) is 290. The number of ketones is 4. The third-order valence-electron chi connectivity index (χ3n) is 24.0. The van der Waals surface area contributed by atoms with Gasteiger partial charge in [-0.3, -0.25) is 111 Å². The molecule has 1 aliphatic rings. The molecule has 1 aromatic rings. The summed E-state index contributed by atoms with van der Waals surface area (Å²) in [6.07, 6.45) is 4.84. The Kier molecular flexibility index (Phi) is 56.2. The first-order chi connectivity index (χ1) is 65.2. The Balaban J connectivity index is 2.51. The highest BCUT2D eigenvalue weighted by atomic mass is 32.2. The van der Waals surface area contributed by atoms with E-state index in [4.69, 9.17) is 16.9 Å². The quantitative estimate of drug-likeness (QED) is 0.0144. The molecule has 1 aliphatic heterocycles. The molecule has 18 atom stereocenters. The van der Waals surface area contributed by atoms with Crippen molar-refractivity contribution in [3.63, 3.8) is 0 Å². The molecule has 0 saturated heterocycles. The molecule has 24 N–H and O–H groups in total. The fourth-order valence-corrected chi connectivity index (χ4v) is 16.3. The number of amides is 13. The zero-order valence-electron chi connectivity index (χ0n) is 82.9. The van der Waals surface area contributed by atoms with Crippen LogP contribution in [-0.4, -0.2) is 277 Å². The van der Waals surface area contributed by atoms with Gasteiger partial charge in [0, 0.05) is 51.6 Å². The van der Waals surface area contributed by atoms with Crippen LogP contribution in [0.5, 0.6) is 0 Å². The minimum absolute atomic E-state index is 0.00787. The van der Waals surface area contributed by atoms with Crippen molar-refractivity contribution in [2.24, 2.45) is 52.9 Å². The fourth-order valence-electron chi connectivity index (χ4n) is 15.2. The Labute approximate surface area is 821 Å². The number of primary amides is 1. The van der Waals surface area contributed by atoms with Crippen LogP contribution in [0.15, 0.2) is 42.5 Å². The average molecular weight is 2000 g/mol. The van der Waals surface area contributed by atoms with E-state index in [1.807, 2.05) is 12.2 Å². The third-order valence-corrected chi connectivity index (χ3v) is 25.3. The predicted octanol–water partition coefficient (Wildman–Crippen LogP) is 1.37. The zero-order chi connectivity index (χ0) is 105. The van der Waals surface area contributed by atoms with Crippen molar-refractivity contribution in [1.29, 1.82) is 5.41 Å². The first kappa shape index (κ1) is 124. The van der Waals surface area contributed by atoms with E-state index in [0.29, 0.717) is 49.2 Å². The number of guanidine groups is 1. The number of thioether (sulfide) groups is 2. The minimum Gasteiger partial charge on any atom is -0.481 e. The van der Waals surface area contributed by atoms with Crippen molar-refractivity contribution < 1.29 is 121 Å². The molecular weight excluding hydrogens is 1850 g/mol. The van der Waals surface area contributed by atoms with Crippen LogP contribution < -0.4 is 91.2 Å². The third kappa shape index (κ3) is 46.0. The summed E-state index contributed by atoms with van der Waals surface area (Å²) in [5.74, 6) is -26.0. The summed E-state index contributed by atoms with van der Waals surface area (Å²) in [7, 11) is 0. The van der Waals surface area contributed by atoms with Crippen LogP contribution in [0.2, 0.25) is 0 Å². The Morgan fingerprint density at radius 2 is 0.921 bits per heavy atom. The maximum absolute atomic E-state index is 15.0. The van der Waals surface area contributed by atoms with Crippen molar-refractivity contribution in [2.75, 3.05) is 43.7 Å². The van der Waals surface area contributed by atoms with Crippen LogP contribution in [0.1, 0.15) is 237 Å². The number of carboxylic acid groups (broad SMARTS) is 4. The second-order valence-electron chi connectivity index (χ2n) is 37.2. The number of hydrogen-bond donors (Lipinski definition) is 22. The van der Waals surface area contributed by atoms with Gasteiger partial charge in [0.1, 0.15) is 60.4 Å². The van der Waals surface area contributed by atoms with E-state index < -0.39 is 288 Å². The van der Waals surface area contributed by atoms with Crippen LogP contribution in [0.4, 0.5) is 0 Å². The van der Waals surface area contributed by atoms with E-state index >= 15 is 9.59 Å². The Morgan fingerprint density at radius 3 is 1.40 bits per heavy atom.